The lowest BCUT2D eigenvalue weighted by molar-refractivity contribution is -0.312. The van der Waals surface area contributed by atoms with Crippen molar-refractivity contribution >= 4 is 17.8 Å². The van der Waals surface area contributed by atoms with Gasteiger partial charge in [0.2, 0.25) is 11.8 Å². The smallest absolute Gasteiger partial charge is 0.364 e. The van der Waals surface area contributed by atoms with Crippen LogP contribution in [0.1, 0.15) is 12.0 Å². The van der Waals surface area contributed by atoms with Crippen molar-refractivity contribution in [3.05, 3.63) is 60.2 Å². The van der Waals surface area contributed by atoms with Crippen molar-refractivity contribution in [2.24, 2.45) is 0 Å². The SMILES string of the molecule is C#CCOCCOCCO[C@]1(C(=O)O)C[C@H](O)[C@@H](NC(=O)CO)[C@H]([C@H](O)[C@H](O)CNC(=O)Cc2cccc(-c3ccccc3)c2)O1. The summed E-state index contributed by atoms with van der Waals surface area (Å²) in [6.07, 6.45) is -2.70. The lowest BCUT2D eigenvalue weighted by Gasteiger charge is -2.46. The summed E-state index contributed by atoms with van der Waals surface area (Å²) in [5.41, 5.74) is 2.59. The summed E-state index contributed by atoms with van der Waals surface area (Å²) in [4.78, 5) is 37.0. The molecule has 0 spiro atoms. The van der Waals surface area contributed by atoms with Crippen molar-refractivity contribution in [3.8, 4) is 23.5 Å². The Morgan fingerprint density at radius 1 is 1.00 bits per heavy atom. The number of terminal acetylenes is 1. The van der Waals surface area contributed by atoms with E-state index in [2.05, 4.69) is 16.6 Å². The van der Waals surface area contributed by atoms with Gasteiger partial charge >= 0.3 is 5.97 Å². The highest BCUT2D eigenvalue weighted by Crippen LogP contribution is 2.33. The highest BCUT2D eigenvalue weighted by molar-refractivity contribution is 5.79. The standard InChI is InChI=1S/C32H40N2O12/c1-2-11-43-12-13-44-14-15-45-32(31(41)42)18-24(36)28(34-27(39)20-35)30(46-32)29(40)25(37)19-33-26(38)17-21-7-6-10-23(16-21)22-8-4-3-5-9-22/h1,3-10,16,24-25,28-30,35-37,40H,11-15,17-20H2,(H,33,38)(H,34,39)(H,41,42)/t24-,25+,28+,29+,30+,32+/m0/s1. The summed E-state index contributed by atoms with van der Waals surface area (Å²) >= 11 is 0. The first kappa shape index (κ1) is 36.6. The lowest BCUT2D eigenvalue weighted by Crippen LogP contribution is -2.68. The monoisotopic (exact) mass is 644 g/mol. The zero-order valence-electron chi connectivity index (χ0n) is 25.1. The highest BCUT2D eigenvalue weighted by atomic mass is 16.7. The van der Waals surface area contributed by atoms with Crippen LogP contribution >= 0.6 is 0 Å². The molecule has 1 heterocycles. The number of ether oxygens (including phenoxy) is 4. The van der Waals surface area contributed by atoms with Gasteiger partial charge in [0.15, 0.2) is 0 Å². The number of nitrogens with one attached hydrogen (secondary N) is 2. The summed E-state index contributed by atoms with van der Waals surface area (Å²) in [6, 6.07) is 15.5. The van der Waals surface area contributed by atoms with Crippen molar-refractivity contribution < 1.29 is 58.9 Å². The van der Waals surface area contributed by atoms with E-state index in [0.29, 0.717) is 5.56 Å². The van der Waals surface area contributed by atoms with Gasteiger partial charge in [-0.3, -0.25) is 9.59 Å². The maximum absolute atomic E-state index is 12.7. The molecule has 1 aliphatic heterocycles. The van der Waals surface area contributed by atoms with Crippen molar-refractivity contribution in [1.82, 2.24) is 10.6 Å². The molecule has 0 aliphatic carbocycles. The topological polar surface area (TPSA) is 213 Å². The van der Waals surface area contributed by atoms with E-state index in [1.54, 1.807) is 6.07 Å². The fraction of sp³-hybridized carbons (Fsp3) is 0.469. The van der Waals surface area contributed by atoms with Gasteiger partial charge in [-0.25, -0.2) is 4.79 Å². The van der Waals surface area contributed by atoms with Crippen LogP contribution in [0.2, 0.25) is 0 Å². The van der Waals surface area contributed by atoms with Crippen molar-refractivity contribution in [3.63, 3.8) is 0 Å². The molecule has 1 saturated heterocycles. The lowest BCUT2D eigenvalue weighted by atomic mass is 9.88. The Hall–Kier alpha value is -3.91. The zero-order valence-corrected chi connectivity index (χ0v) is 25.1. The number of carbonyl (C=O) groups is 3. The van der Waals surface area contributed by atoms with Gasteiger partial charge in [-0.2, -0.15) is 0 Å². The molecule has 0 unspecified atom stereocenters. The predicted molar refractivity (Wildman–Crippen MR) is 162 cm³/mol. The molecule has 14 heteroatoms. The van der Waals surface area contributed by atoms with E-state index >= 15 is 0 Å². The van der Waals surface area contributed by atoms with E-state index in [9.17, 15) is 39.9 Å². The number of hydrogen-bond donors (Lipinski definition) is 7. The maximum Gasteiger partial charge on any atom is 0.364 e. The zero-order chi connectivity index (χ0) is 33.5. The van der Waals surface area contributed by atoms with Gasteiger partial charge in [-0.05, 0) is 16.7 Å². The number of hydrogen-bond acceptors (Lipinski definition) is 11. The van der Waals surface area contributed by atoms with E-state index in [-0.39, 0.29) is 39.5 Å². The molecule has 46 heavy (non-hydrogen) atoms. The highest BCUT2D eigenvalue weighted by Gasteiger charge is 2.55. The molecule has 1 aliphatic rings. The minimum Gasteiger partial charge on any atom is -0.477 e. The first-order valence-corrected chi connectivity index (χ1v) is 14.6. The Morgan fingerprint density at radius 3 is 2.39 bits per heavy atom. The van der Waals surface area contributed by atoms with Crippen LogP contribution in [-0.4, -0.2) is 126 Å². The fourth-order valence-corrected chi connectivity index (χ4v) is 4.86. The third kappa shape index (κ3) is 10.6. The van der Waals surface area contributed by atoms with Gasteiger partial charge in [0.05, 0.1) is 51.1 Å². The fourth-order valence-electron chi connectivity index (χ4n) is 4.86. The molecule has 0 saturated carbocycles. The Morgan fingerprint density at radius 2 is 1.70 bits per heavy atom. The summed E-state index contributed by atoms with van der Waals surface area (Å²) in [5.74, 6) is -3.27. The van der Waals surface area contributed by atoms with Crippen LogP contribution in [-0.2, 0) is 39.8 Å². The van der Waals surface area contributed by atoms with Crippen molar-refractivity contribution in [1.29, 1.82) is 0 Å². The van der Waals surface area contributed by atoms with Crippen LogP contribution in [0.15, 0.2) is 54.6 Å². The first-order chi connectivity index (χ1) is 22.1. The molecule has 1 fully saturated rings. The van der Waals surface area contributed by atoms with Crippen LogP contribution in [0, 0.1) is 12.3 Å². The molecule has 14 nitrogen and oxygen atoms in total. The second-order valence-corrected chi connectivity index (χ2v) is 10.5. The molecule has 2 aromatic rings. The molecule has 3 rings (SSSR count). The number of aliphatic hydroxyl groups is 4. The van der Waals surface area contributed by atoms with E-state index in [1.165, 1.54) is 0 Å². The minimum absolute atomic E-state index is 0.0363. The normalized spacial score (nSPS) is 22.3. The van der Waals surface area contributed by atoms with E-state index in [4.69, 9.17) is 25.4 Å². The quantitative estimate of drug-likeness (QED) is 0.0755. The summed E-state index contributed by atoms with van der Waals surface area (Å²) in [6.45, 7) is -1.42. The van der Waals surface area contributed by atoms with Gasteiger partial charge in [0.1, 0.15) is 25.4 Å². The number of benzene rings is 2. The molecular weight excluding hydrogens is 604 g/mol. The summed E-state index contributed by atoms with van der Waals surface area (Å²) in [5, 5.41) is 56.7. The number of carboxylic acid groups (broad SMARTS) is 1. The largest absolute Gasteiger partial charge is 0.477 e. The van der Waals surface area contributed by atoms with Crippen molar-refractivity contribution in [2.45, 2.75) is 49.1 Å². The number of aliphatic hydroxyl groups excluding tert-OH is 4. The second kappa shape index (κ2) is 18.3. The average molecular weight is 645 g/mol. The van der Waals surface area contributed by atoms with Gasteiger partial charge in [0, 0.05) is 13.0 Å². The number of rotatable bonds is 18. The molecular formula is C32H40N2O12. The molecule has 7 N–H and O–H groups in total. The van der Waals surface area contributed by atoms with Crippen LogP contribution in [0.3, 0.4) is 0 Å². The third-order valence-electron chi connectivity index (χ3n) is 7.13. The Balaban J connectivity index is 1.65. The minimum atomic E-state index is -2.50. The summed E-state index contributed by atoms with van der Waals surface area (Å²) in [7, 11) is 0. The van der Waals surface area contributed by atoms with Crippen LogP contribution in [0.4, 0.5) is 0 Å². The van der Waals surface area contributed by atoms with E-state index in [0.717, 1.165) is 11.1 Å². The van der Waals surface area contributed by atoms with Gasteiger partial charge in [-0.15, -0.1) is 6.42 Å². The number of carboxylic acids is 1. The molecule has 6 atom stereocenters. The number of amides is 2. The van der Waals surface area contributed by atoms with Gasteiger partial charge < -0.3 is 55.1 Å². The van der Waals surface area contributed by atoms with Gasteiger partial charge in [0.25, 0.3) is 5.79 Å². The Bertz CT molecular complexity index is 1320. The Kier molecular flexibility index (Phi) is 14.5. The summed E-state index contributed by atoms with van der Waals surface area (Å²) < 4.78 is 21.5. The van der Waals surface area contributed by atoms with E-state index < -0.39 is 73.6 Å². The molecule has 0 aromatic heterocycles. The maximum atomic E-state index is 12.7. The molecule has 0 bridgehead atoms. The third-order valence-corrected chi connectivity index (χ3v) is 7.13. The first-order valence-electron chi connectivity index (χ1n) is 14.6. The number of carbonyl (C=O) groups excluding carboxylic acids is 2. The van der Waals surface area contributed by atoms with Crippen molar-refractivity contribution in [2.75, 3.05) is 46.2 Å². The average Bonchev–Trinajstić information content (AvgIpc) is 3.05. The molecule has 2 amide bonds. The van der Waals surface area contributed by atoms with E-state index in [1.807, 2.05) is 48.5 Å². The second-order valence-electron chi connectivity index (χ2n) is 10.5. The number of aliphatic carboxylic acids is 1. The van der Waals surface area contributed by atoms with Crippen LogP contribution in [0.5, 0.6) is 0 Å². The molecule has 250 valence electrons. The van der Waals surface area contributed by atoms with Crippen LogP contribution < -0.4 is 10.6 Å². The predicted octanol–water partition coefficient (Wildman–Crippen LogP) is -1.18. The molecule has 2 aromatic carbocycles. The molecule has 0 radical (unpaired) electrons. The van der Waals surface area contributed by atoms with Gasteiger partial charge in [-0.1, -0.05) is 60.5 Å². The Labute approximate surface area is 266 Å². The van der Waals surface area contributed by atoms with Crippen LogP contribution in [0.25, 0.3) is 11.1 Å².